The van der Waals surface area contributed by atoms with E-state index in [-0.39, 0.29) is 34.6 Å². The summed E-state index contributed by atoms with van der Waals surface area (Å²) in [4.78, 5) is 42.0. The molecule has 3 aromatic carbocycles. The summed E-state index contributed by atoms with van der Waals surface area (Å²) in [5.74, 6) is 0.946. The number of carbonyl (C=O) groups is 2. The van der Waals surface area contributed by atoms with Gasteiger partial charge in [-0.1, -0.05) is 39.0 Å². The molecule has 2 bridgehead atoms. The maximum absolute atomic E-state index is 13.6. The van der Waals surface area contributed by atoms with Crippen molar-refractivity contribution in [1.29, 1.82) is 0 Å². The average Bonchev–Trinajstić information content (AvgIpc) is 3.04. The van der Waals surface area contributed by atoms with Gasteiger partial charge in [0.05, 0.1) is 25.6 Å². The van der Waals surface area contributed by atoms with E-state index in [1.54, 1.807) is 50.6 Å². The van der Waals surface area contributed by atoms with Gasteiger partial charge in [-0.3, -0.25) is 14.4 Å². The minimum Gasteiger partial charge on any atom is -0.493 e. The maximum Gasteiger partial charge on any atom is 0.255 e. The third-order valence-electron chi connectivity index (χ3n) is 8.98. The largest absolute Gasteiger partial charge is 0.493 e. The number of anilines is 3. The van der Waals surface area contributed by atoms with Crippen LogP contribution in [0.3, 0.4) is 0 Å². The van der Waals surface area contributed by atoms with E-state index >= 15 is 0 Å². The van der Waals surface area contributed by atoms with E-state index in [9.17, 15) is 14.4 Å². The van der Waals surface area contributed by atoms with Gasteiger partial charge in [0.2, 0.25) is 0 Å². The van der Waals surface area contributed by atoms with E-state index in [4.69, 9.17) is 9.47 Å². The molecule has 46 heavy (non-hydrogen) atoms. The van der Waals surface area contributed by atoms with Gasteiger partial charge >= 0.3 is 0 Å². The number of piperidine rings is 1. The lowest BCUT2D eigenvalue weighted by molar-refractivity contribution is 0.101. The molecule has 2 amide bonds. The molecular formula is C37H40N4O5. The number of nitrogens with zero attached hydrogens (tertiary/aromatic N) is 2. The van der Waals surface area contributed by atoms with Crippen LogP contribution in [0, 0.1) is 5.92 Å². The van der Waals surface area contributed by atoms with Crippen LogP contribution < -0.4 is 30.6 Å². The van der Waals surface area contributed by atoms with Crippen molar-refractivity contribution in [1.82, 2.24) is 4.57 Å². The highest BCUT2D eigenvalue weighted by molar-refractivity contribution is 6.09. The van der Waals surface area contributed by atoms with Gasteiger partial charge in [-0.2, -0.15) is 0 Å². The molecule has 2 atom stereocenters. The number of methoxy groups -OCH3 is 2. The first-order chi connectivity index (χ1) is 22.0. The fraction of sp³-hybridized carbons (Fsp3) is 0.324. The molecule has 9 nitrogen and oxygen atoms in total. The fourth-order valence-electron chi connectivity index (χ4n) is 6.58. The number of benzene rings is 3. The van der Waals surface area contributed by atoms with Crippen molar-refractivity contribution >= 4 is 28.9 Å². The second kappa shape index (κ2) is 12.4. The minimum absolute atomic E-state index is 0.0339. The zero-order valence-electron chi connectivity index (χ0n) is 26.9. The smallest absolute Gasteiger partial charge is 0.255 e. The Kier molecular flexibility index (Phi) is 8.34. The van der Waals surface area contributed by atoms with Crippen molar-refractivity contribution in [2.24, 2.45) is 5.92 Å². The first kappa shape index (κ1) is 31.0. The summed E-state index contributed by atoms with van der Waals surface area (Å²) in [6, 6.07) is 23.7. The second-order valence-corrected chi connectivity index (χ2v) is 13.1. The summed E-state index contributed by atoms with van der Waals surface area (Å²) >= 11 is 0. The Morgan fingerprint density at radius 1 is 0.783 bits per heavy atom. The van der Waals surface area contributed by atoms with E-state index in [0.29, 0.717) is 47.1 Å². The summed E-state index contributed by atoms with van der Waals surface area (Å²) < 4.78 is 12.6. The van der Waals surface area contributed by atoms with E-state index in [0.717, 1.165) is 29.9 Å². The Hall–Kier alpha value is -5.05. The molecule has 0 unspecified atom stereocenters. The molecule has 2 aliphatic rings. The van der Waals surface area contributed by atoms with Crippen LogP contribution in [-0.4, -0.2) is 43.7 Å². The van der Waals surface area contributed by atoms with Gasteiger partial charge in [-0.25, -0.2) is 0 Å². The average molecular weight is 621 g/mol. The van der Waals surface area contributed by atoms with Gasteiger partial charge in [0, 0.05) is 60.2 Å². The first-order valence-corrected chi connectivity index (χ1v) is 15.6. The Balaban J connectivity index is 1.31. The number of fused-ring (bicyclic) bond motifs is 4. The van der Waals surface area contributed by atoms with Crippen LogP contribution in [0.2, 0.25) is 0 Å². The lowest BCUT2D eigenvalue weighted by Crippen LogP contribution is -2.47. The van der Waals surface area contributed by atoms with E-state index in [1.807, 2.05) is 47.0 Å². The molecule has 2 N–H and O–H groups in total. The number of nitrogens with one attached hydrogen (secondary N) is 2. The van der Waals surface area contributed by atoms with E-state index in [1.165, 1.54) is 0 Å². The number of pyridine rings is 1. The highest BCUT2D eigenvalue weighted by Gasteiger charge is 2.35. The van der Waals surface area contributed by atoms with Crippen molar-refractivity contribution in [3.63, 3.8) is 0 Å². The van der Waals surface area contributed by atoms with Gasteiger partial charge in [-0.05, 0) is 71.8 Å². The third kappa shape index (κ3) is 6.22. The van der Waals surface area contributed by atoms with Crippen LogP contribution in [0.25, 0.3) is 0 Å². The quantitative estimate of drug-likeness (QED) is 0.252. The molecule has 4 aromatic rings. The molecule has 6 rings (SSSR count). The SMILES string of the molecule is COc1ccc(NC(=O)c2ccc(N3C[C@H]4C[C@@H](C3)c3cccc(=O)n3C4)c(NC(=O)c3ccc(C(C)(C)C)cc3)c2)cc1OC. The highest BCUT2D eigenvalue weighted by atomic mass is 16.5. The van der Waals surface area contributed by atoms with Gasteiger partial charge in [0.1, 0.15) is 0 Å². The molecular weight excluding hydrogens is 580 g/mol. The summed E-state index contributed by atoms with van der Waals surface area (Å²) in [7, 11) is 3.10. The number of carbonyl (C=O) groups excluding carboxylic acids is 2. The molecule has 9 heteroatoms. The van der Waals surface area contributed by atoms with Crippen LogP contribution >= 0.6 is 0 Å². The second-order valence-electron chi connectivity index (χ2n) is 13.1. The fourth-order valence-corrected chi connectivity index (χ4v) is 6.58. The molecule has 2 aliphatic heterocycles. The van der Waals surface area contributed by atoms with Crippen molar-refractivity contribution in [3.05, 3.63) is 112 Å². The van der Waals surface area contributed by atoms with Crippen LogP contribution in [0.1, 0.15) is 65.1 Å². The summed E-state index contributed by atoms with van der Waals surface area (Å²) in [5, 5.41) is 6.05. The van der Waals surface area contributed by atoms with Crippen LogP contribution in [0.5, 0.6) is 11.5 Å². The van der Waals surface area contributed by atoms with Crippen molar-refractivity contribution in [2.75, 3.05) is 42.8 Å². The number of rotatable bonds is 7. The summed E-state index contributed by atoms with van der Waals surface area (Å²) in [6.07, 6.45) is 1.01. The standard InChI is InChI=1S/C37H40N4O5/c1-37(2,3)27-12-9-24(10-13-27)35(43)39-29-18-25(36(44)38-28-14-16-32(45-4)33(19-28)46-5)11-15-31(29)40-20-23-17-26(22-40)30-7-6-8-34(42)41(30)21-23/h6-16,18-19,23,26H,17,20-22H2,1-5H3,(H,38,44)(H,39,43)/t23-,26+/m1/s1. The van der Waals surface area contributed by atoms with Gasteiger partial charge in [-0.15, -0.1) is 0 Å². The molecule has 0 radical (unpaired) electrons. The molecule has 0 aliphatic carbocycles. The normalized spacial score (nSPS) is 17.1. The van der Waals surface area contributed by atoms with E-state index in [2.05, 4.69) is 36.3 Å². The van der Waals surface area contributed by atoms with Gasteiger partial charge in [0.15, 0.2) is 11.5 Å². The Labute approximate surface area is 269 Å². The van der Waals surface area contributed by atoms with Crippen molar-refractivity contribution in [3.8, 4) is 11.5 Å². The Morgan fingerprint density at radius 3 is 2.22 bits per heavy atom. The van der Waals surface area contributed by atoms with Crippen LogP contribution in [0.15, 0.2) is 83.7 Å². The summed E-state index contributed by atoms with van der Waals surface area (Å²) in [5.41, 5.74) is 5.05. The molecule has 1 saturated heterocycles. The number of hydrogen-bond donors (Lipinski definition) is 2. The van der Waals surface area contributed by atoms with Crippen molar-refractivity contribution < 1.29 is 19.1 Å². The predicted molar refractivity (Wildman–Crippen MR) is 181 cm³/mol. The van der Waals surface area contributed by atoms with E-state index < -0.39 is 0 Å². The molecule has 0 saturated carbocycles. The number of amides is 2. The summed E-state index contributed by atoms with van der Waals surface area (Å²) in [6.45, 7) is 8.49. The van der Waals surface area contributed by atoms with Crippen LogP contribution in [-0.2, 0) is 12.0 Å². The lowest BCUT2D eigenvalue weighted by atomic mass is 9.83. The minimum atomic E-state index is -0.326. The molecule has 3 heterocycles. The molecule has 1 aromatic heterocycles. The van der Waals surface area contributed by atoms with Gasteiger partial charge < -0.3 is 29.6 Å². The predicted octanol–water partition coefficient (Wildman–Crippen LogP) is 6.29. The lowest BCUT2D eigenvalue weighted by Gasteiger charge is -2.44. The molecule has 0 spiro atoms. The maximum atomic E-state index is 13.6. The zero-order valence-corrected chi connectivity index (χ0v) is 26.9. The zero-order chi connectivity index (χ0) is 32.6. The first-order valence-electron chi connectivity index (χ1n) is 15.6. The molecule has 238 valence electrons. The molecule has 1 fully saturated rings. The monoisotopic (exact) mass is 620 g/mol. The van der Waals surface area contributed by atoms with Gasteiger partial charge in [0.25, 0.3) is 17.4 Å². The Bertz CT molecular complexity index is 1840. The third-order valence-corrected chi connectivity index (χ3v) is 8.98. The highest BCUT2D eigenvalue weighted by Crippen LogP contribution is 2.40. The number of ether oxygens (including phenoxy) is 2. The number of hydrogen-bond acceptors (Lipinski definition) is 6. The number of aromatic nitrogens is 1. The topological polar surface area (TPSA) is 102 Å². The Morgan fingerprint density at radius 2 is 1.50 bits per heavy atom. The van der Waals surface area contributed by atoms with Crippen molar-refractivity contribution in [2.45, 2.75) is 45.1 Å². The van der Waals surface area contributed by atoms with Crippen LogP contribution in [0.4, 0.5) is 17.1 Å².